The van der Waals surface area contributed by atoms with Crippen molar-refractivity contribution in [1.29, 1.82) is 0 Å². The first-order valence-electron chi connectivity index (χ1n) is 5.60. The van der Waals surface area contributed by atoms with Crippen LogP contribution in [-0.4, -0.2) is 30.7 Å². The third kappa shape index (κ3) is 2.75. The normalized spacial score (nSPS) is 19.9. The number of phenols is 1. The fraction of sp³-hybridized carbons (Fsp3) is 0.417. The van der Waals surface area contributed by atoms with Gasteiger partial charge in [0.2, 0.25) is 5.91 Å². The van der Waals surface area contributed by atoms with Crippen LogP contribution in [0.5, 0.6) is 5.75 Å². The van der Waals surface area contributed by atoms with E-state index >= 15 is 0 Å². The maximum Gasteiger partial charge on any atom is 0.221 e. The minimum Gasteiger partial charge on any atom is -0.506 e. The van der Waals surface area contributed by atoms with Crippen molar-refractivity contribution in [2.24, 2.45) is 0 Å². The van der Waals surface area contributed by atoms with Crippen LogP contribution in [0.1, 0.15) is 18.6 Å². The maximum absolute atomic E-state index is 11.1. The summed E-state index contributed by atoms with van der Waals surface area (Å²) < 4.78 is 5.62. The second-order valence-corrected chi connectivity index (χ2v) is 3.99. The van der Waals surface area contributed by atoms with E-state index in [-0.39, 0.29) is 17.8 Å². The van der Waals surface area contributed by atoms with Gasteiger partial charge < -0.3 is 20.5 Å². The molecular weight excluding hydrogens is 220 g/mol. The average molecular weight is 236 g/mol. The lowest BCUT2D eigenvalue weighted by Gasteiger charge is -2.26. The highest BCUT2D eigenvalue weighted by Crippen LogP contribution is 2.33. The highest BCUT2D eigenvalue weighted by atomic mass is 16.5. The van der Waals surface area contributed by atoms with E-state index in [2.05, 4.69) is 10.6 Å². The standard InChI is InChI=1S/C12H16N2O3/c1-8(15)14-12-9(3-2-4-10(12)16)11-7-13-5-6-17-11/h2-4,11,13,16H,5-7H2,1H3,(H,14,15). The fourth-order valence-corrected chi connectivity index (χ4v) is 1.90. The first kappa shape index (κ1) is 11.9. The van der Waals surface area contributed by atoms with Crippen LogP contribution in [0.4, 0.5) is 5.69 Å². The number of rotatable bonds is 2. The Bertz CT molecular complexity index is 414. The maximum atomic E-state index is 11.1. The summed E-state index contributed by atoms with van der Waals surface area (Å²) in [6, 6.07) is 5.14. The number of hydrogen-bond donors (Lipinski definition) is 3. The van der Waals surface area contributed by atoms with E-state index in [1.54, 1.807) is 12.1 Å². The molecule has 2 rings (SSSR count). The molecule has 1 aromatic rings. The Kier molecular flexibility index (Phi) is 3.61. The van der Waals surface area contributed by atoms with Gasteiger partial charge in [0.1, 0.15) is 5.75 Å². The molecule has 17 heavy (non-hydrogen) atoms. The lowest BCUT2D eigenvalue weighted by molar-refractivity contribution is -0.114. The molecule has 0 bridgehead atoms. The van der Waals surface area contributed by atoms with Crippen LogP contribution >= 0.6 is 0 Å². The van der Waals surface area contributed by atoms with Crippen molar-refractivity contribution < 1.29 is 14.6 Å². The van der Waals surface area contributed by atoms with E-state index in [0.29, 0.717) is 18.8 Å². The van der Waals surface area contributed by atoms with Gasteiger partial charge in [0, 0.05) is 25.6 Å². The number of para-hydroxylation sites is 1. The van der Waals surface area contributed by atoms with Crippen molar-refractivity contribution in [1.82, 2.24) is 5.32 Å². The lowest BCUT2D eigenvalue weighted by atomic mass is 10.0. The molecule has 0 saturated carbocycles. The molecule has 5 heteroatoms. The topological polar surface area (TPSA) is 70.6 Å². The second-order valence-electron chi connectivity index (χ2n) is 3.99. The molecule has 0 aromatic heterocycles. The van der Waals surface area contributed by atoms with E-state index in [0.717, 1.165) is 12.1 Å². The van der Waals surface area contributed by atoms with Gasteiger partial charge in [-0.05, 0) is 6.07 Å². The van der Waals surface area contributed by atoms with E-state index < -0.39 is 0 Å². The summed E-state index contributed by atoms with van der Waals surface area (Å²) in [6.45, 7) is 3.54. The number of benzene rings is 1. The summed E-state index contributed by atoms with van der Waals surface area (Å²) in [7, 11) is 0. The van der Waals surface area contributed by atoms with Crippen LogP contribution < -0.4 is 10.6 Å². The first-order chi connectivity index (χ1) is 8.18. The minimum absolute atomic E-state index is 0.0619. The van der Waals surface area contributed by atoms with Crippen molar-refractivity contribution in [3.05, 3.63) is 23.8 Å². The van der Waals surface area contributed by atoms with Crippen molar-refractivity contribution >= 4 is 11.6 Å². The summed E-state index contributed by atoms with van der Waals surface area (Å²) >= 11 is 0. The van der Waals surface area contributed by atoms with Crippen molar-refractivity contribution in [2.75, 3.05) is 25.0 Å². The van der Waals surface area contributed by atoms with Crippen LogP contribution in [0.3, 0.4) is 0 Å². The Hall–Kier alpha value is -1.59. The van der Waals surface area contributed by atoms with Crippen molar-refractivity contribution in [3.8, 4) is 5.75 Å². The molecule has 1 amide bonds. The zero-order valence-corrected chi connectivity index (χ0v) is 9.69. The number of aromatic hydroxyl groups is 1. The number of morpholine rings is 1. The monoisotopic (exact) mass is 236 g/mol. The SMILES string of the molecule is CC(=O)Nc1c(O)cccc1C1CNCCO1. The lowest BCUT2D eigenvalue weighted by Crippen LogP contribution is -2.33. The smallest absolute Gasteiger partial charge is 0.221 e. The molecule has 1 fully saturated rings. The molecule has 0 radical (unpaired) electrons. The van der Waals surface area contributed by atoms with Crippen molar-refractivity contribution in [3.63, 3.8) is 0 Å². The molecule has 3 N–H and O–H groups in total. The number of anilines is 1. The van der Waals surface area contributed by atoms with Crippen LogP contribution in [0.2, 0.25) is 0 Å². The Morgan fingerprint density at radius 2 is 2.41 bits per heavy atom. The van der Waals surface area contributed by atoms with Crippen LogP contribution in [0.15, 0.2) is 18.2 Å². The van der Waals surface area contributed by atoms with Crippen molar-refractivity contribution in [2.45, 2.75) is 13.0 Å². The third-order valence-corrected chi connectivity index (χ3v) is 2.65. The summed E-state index contributed by atoms with van der Waals surface area (Å²) in [5.41, 5.74) is 1.24. The van der Waals surface area contributed by atoms with Gasteiger partial charge in [-0.2, -0.15) is 0 Å². The number of amides is 1. The van der Waals surface area contributed by atoms with Gasteiger partial charge in [-0.1, -0.05) is 12.1 Å². The highest BCUT2D eigenvalue weighted by Gasteiger charge is 2.21. The molecule has 5 nitrogen and oxygen atoms in total. The summed E-state index contributed by atoms with van der Waals surface area (Å²) in [4.78, 5) is 11.1. The van der Waals surface area contributed by atoms with Crippen LogP contribution in [-0.2, 0) is 9.53 Å². The first-order valence-corrected chi connectivity index (χ1v) is 5.60. The zero-order chi connectivity index (χ0) is 12.3. The Labute approximate surface area is 99.8 Å². The van der Waals surface area contributed by atoms with Gasteiger partial charge in [0.05, 0.1) is 18.4 Å². The number of hydrogen-bond acceptors (Lipinski definition) is 4. The number of ether oxygens (including phenoxy) is 1. The molecular formula is C12H16N2O3. The molecule has 1 heterocycles. The van der Waals surface area contributed by atoms with Crippen LogP contribution in [0.25, 0.3) is 0 Å². The van der Waals surface area contributed by atoms with E-state index in [4.69, 9.17) is 4.74 Å². The minimum atomic E-state index is -0.212. The molecule has 1 aliphatic heterocycles. The van der Waals surface area contributed by atoms with Gasteiger partial charge in [-0.3, -0.25) is 4.79 Å². The van der Waals surface area contributed by atoms with Gasteiger partial charge in [0.25, 0.3) is 0 Å². The molecule has 0 spiro atoms. The quantitative estimate of drug-likeness (QED) is 0.670. The van der Waals surface area contributed by atoms with Gasteiger partial charge in [-0.15, -0.1) is 0 Å². The molecule has 92 valence electrons. The molecule has 1 unspecified atom stereocenters. The third-order valence-electron chi connectivity index (χ3n) is 2.65. The van der Waals surface area contributed by atoms with Crippen LogP contribution in [0, 0.1) is 0 Å². The molecule has 1 aromatic carbocycles. The number of nitrogens with one attached hydrogen (secondary N) is 2. The fourth-order valence-electron chi connectivity index (χ4n) is 1.90. The number of carbonyl (C=O) groups is 1. The zero-order valence-electron chi connectivity index (χ0n) is 9.69. The van der Waals surface area contributed by atoms with Gasteiger partial charge in [0.15, 0.2) is 0 Å². The Morgan fingerprint density at radius 1 is 1.59 bits per heavy atom. The molecule has 1 atom stereocenters. The van der Waals surface area contributed by atoms with Gasteiger partial charge >= 0.3 is 0 Å². The van der Waals surface area contributed by atoms with E-state index in [1.807, 2.05) is 6.07 Å². The largest absolute Gasteiger partial charge is 0.506 e. The Morgan fingerprint density at radius 3 is 3.06 bits per heavy atom. The molecule has 0 aliphatic carbocycles. The number of phenolic OH excluding ortho intramolecular Hbond substituents is 1. The van der Waals surface area contributed by atoms with Gasteiger partial charge in [-0.25, -0.2) is 0 Å². The molecule has 1 aliphatic rings. The van der Waals surface area contributed by atoms with E-state index in [9.17, 15) is 9.90 Å². The average Bonchev–Trinajstić information content (AvgIpc) is 2.32. The summed E-state index contributed by atoms with van der Waals surface area (Å²) in [5.74, 6) is -0.150. The summed E-state index contributed by atoms with van der Waals surface area (Å²) in [6.07, 6.45) is -0.141. The number of carbonyl (C=O) groups excluding carboxylic acids is 1. The predicted molar refractivity (Wildman–Crippen MR) is 64.0 cm³/mol. The molecule has 1 saturated heterocycles. The predicted octanol–water partition coefficient (Wildman–Crippen LogP) is 1.01. The summed E-state index contributed by atoms with van der Waals surface area (Å²) in [5, 5.41) is 15.6. The Balaban J connectivity index is 2.30. The highest BCUT2D eigenvalue weighted by molar-refractivity contribution is 5.91. The second kappa shape index (κ2) is 5.16. The van der Waals surface area contributed by atoms with E-state index in [1.165, 1.54) is 6.92 Å².